The average molecular weight is 446 g/mol. The highest BCUT2D eigenvalue weighted by Gasteiger charge is 2.34. The lowest BCUT2D eigenvalue weighted by Gasteiger charge is -2.13. The van der Waals surface area contributed by atoms with Crippen LogP contribution in [0, 0.1) is 0 Å². The Morgan fingerprint density at radius 3 is 1.94 bits per heavy atom. The Labute approximate surface area is 195 Å². The van der Waals surface area contributed by atoms with Crippen molar-refractivity contribution in [3.8, 4) is 11.4 Å². The van der Waals surface area contributed by atoms with Crippen molar-refractivity contribution < 1.29 is 14.3 Å². The van der Waals surface area contributed by atoms with Gasteiger partial charge in [0.2, 0.25) is 0 Å². The van der Waals surface area contributed by atoms with Crippen LogP contribution in [0.4, 0.5) is 0 Å². The molecule has 0 radical (unpaired) electrons. The van der Waals surface area contributed by atoms with Crippen molar-refractivity contribution in [2.75, 3.05) is 13.2 Å². The molecule has 1 aliphatic heterocycles. The zero-order valence-corrected chi connectivity index (χ0v) is 19.0. The number of fused-ring (bicyclic) bond motifs is 1. The van der Waals surface area contributed by atoms with E-state index in [-0.39, 0.29) is 11.8 Å². The molecule has 0 bridgehead atoms. The van der Waals surface area contributed by atoms with Gasteiger partial charge in [0.25, 0.3) is 11.8 Å². The standard InChI is InChI=1S/C27H31N3O3/c31-26-24-11-7-8-12-25(24)27(32)30(26)18-9-5-3-1-2-4-6-10-20-33-23-15-13-22(14-16-23)29-19-17-28-21-29/h7-8,11-17,19,21H,1-6,9-10,18,20H2. The van der Waals surface area contributed by atoms with Crippen LogP contribution in [0.25, 0.3) is 5.69 Å². The summed E-state index contributed by atoms with van der Waals surface area (Å²) in [7, 11) is 0. The maximum atomic E-state index is 12.3. The van der Waals surface area contributed by atoms with Crippen LogP contribution in [0.2, 0.25) is 0 Å². The number of hydrogen-bond acceptors (Lipinski definition) is 4. The monoisotopic (exact) mass is 445 g/mol. The van der Waals surface area contributed by atoms with Gasteiger partial charge in [0.05, 0.1) is 24.1 Å². The van der Waals surface area contributed by atoms with Crippen molar-refractivity contribution in [1.29, 1.82) is 0 Å². The third kappa shape index (κ3) is 5.89. The van der Waals surface area contributed by atoms with E-state index in [0.717, 1.165) is 43.7 Å². The van der Waals surface area contributed by atoms with Crippen LogP contribution in [-0.2, 0) is 0 Å². The summed E-state index contributed by atoms with van der Waals surface area (Å²) >= 11 is 0. The van der Waals surface area contributed by atoms with Gasteiger partial charge in [-0.05, 0) is 49.2 Å². The summed E-state index contributed by atoms with van der Waals surface area (Å²) in [6.07, 6.45) is 14.4. The van der Waals surface area contributed by atoms with Gasteiger partial charge in [-0.15, -0.1) is 0 Å². The number of unbranched alkanes of at least 4 members (excludes halogenated alkanes) is 7. The van der Waals surface area contributed by atoms with Crippen LogP contribution >= 0.6 is 0 Å². The molecule has 0 N–H and O–H groups in total. The van der Waals surface area contributed by atoms with Crippen LogP contribution in [0.5, 0.6) is 5.75 Å². The molecule has 1 aromatic heterocycles. The maximum Gasteiger partial charge on any atom is 0.261 e. The summed E-state index contributed by atoms with van der Waals surface area (Å²) in [6.45, 7) is 1.26. The van der Waals surface area contributed by atoms with Crippen LogP contribution in [0.15, 0.2) is 67.3 Å². The highest BCUT2D eigenvalue weighted by Crippen LogP contribution is 2.23. The van der Waals surface area contributed by atoms with E-state index in [1.807, 2.05) is 35.0 Å². The molecule has 2 heterocycles. The predicted molar refractivity (Wildman–Crippen MR) is 128 cm³/mol. The molecule has 0 saturated heterocycles. The second kappa shape index (κ2) is 11.5. The normalized spacial score (nSPS) is 12.9. The number of nitrogens with zero attached hydrogens (tertiary/aromatic N) is 3. The molecular formula is C27H31N3O3. The van der Waals surface area contributed by atoms with Gasteiger partial charge in [0, 0.05) is 24.6 Å². The van der Waals surface area contributed by atoms with Crippen LogP contribution in [0.3, 0.4) is 0 Å². The second-order valence-electron chi connectivity index (χ2n) is 8.45. The number of ether oxygens (including phenoxy) is 1. The Morgan fingerprint density at radius 2 is 1.33 bits per heavy atom. The number of benzene rings is 2. The third-order valence-corrected chi connectivity index (χ3v) is 6.06. The van der Waals surface area contributed by atoms with Gasteiger partial charge in [0.1, 0.15) is 5.75 Å². The Hall–Kier alpha value is -3.41. The quantitative estimate of drug-likeness (QED) is 0.251. The molecule has 0 atom stereocenters. The van der Waals surface area contributed by atoms with Gasteiger partial charge in [-0.3, -0.25) is 14.5 Å². The van der Waals surface area contributed by atoms with Crippen molar-refractivity contribution in [1.82, 2.24) is 14.5 Å². The van der Waals surface area contributed by atoms with Gasteiger partial charge in [-0.1, -0.05) is 50.7 Å². The van der Waals surface area contributed by atoms with Crippen molar-refractivity contribution >= 4 is 11.8 Å². The van der Waals surface area contributed by atoms with Crippen LogP contribution < -0.4 is 4.74 Å². The zero-order valence-electron chi connectivity index (χ0n) is 19.0. The molecule has 0 unspecified atom stereocenters. The summed E-state index contributed by atoms with van der Waals surface area (Å²) < 4.78 is 7.81. The van der Waals surface area contributed by atoms with E-state index in [1.54, 1.807) is 36.8 Å². The molecule has 33 heavy (non-hydrogen) atoms. The molecule has 172 valence electrons. The van der Waals surface area contributed by atoms with Crippen molar-refractivity contribution in [3.63, 3.8) is 0 Å². The number of amides is 2. The van der Waals surface area contributed by atoms with Gasteiger partial charge >= 0.3 is 0 Å². The zero-order chi connectivity index (χ0) is 22.9. The van der Waals surface area contributed by atoms with E-state index in [0.29, 0.717) is 17.7 Å². The second-order valence-corrected chi connectivity index (χ2v) is 8.45. The predicted octanol–water partition coefficient (Wildman–Crippen LogP) is 5.67. The Kier molecular flexibility index (Phi) is 7.90. The first kappa shape index (κ1) is 22.8. The molecular weight excluding hydrogens is 414 g/mol. The number of carbonyl (C=O) groups is 2. The molecule has 0 spiro atoms. The summed E-state index contributed by atoms with van der Waals surface area (Å²) in [4.78, 5) is 30.1. The van der Waals surface area contributed by atoms with E-state index >= 15 is 0 Å². The van der Waals surface area contributed by atoms with Crippen LogP contribution in [-0.4, -0.2) is 39.4 Å². The molecule has 0 saturated carbocycles. The van der Waals surface area contributed by atoms with Crippen molar-refractivity contribution in [3.05, 3.63) is 78.4 Å². The fourth-order valence-corrected chi connectivity index (χ4v) is 4.19. The number of imide groups is 1. The SMILES string of the molecule is O=C1c2ccccc2C(=O)N1CCCCCCCCCCOc1ccc(-n2ccnc2)cc1. The lowest BCUT2D eigenvalue weighted by Crippen LogP contribution is -2.30. The topological polar surface area (TPSA) is 64.4 Å². The van der Waals surface area contributed by atoms with Crippen LogP contribution in [0.1, 0.15) is 72.1 Å². The van der Waals surface area contributed by atoms with E-state index < -0.39 is 0 Å². The lowest BCUT2D eigenvalue weighted by molar-refractivity contribution is 0.0651. The number of hydrogen-bond donors (Lipinski definition) is 0. The smallest absolute Gasteiger partial charge is 0.261 e. The van der Waals surface area contributed by atoms with Gasteiger partial charge in [0.15, 0.2) is 0 Å². The minimum Gasteiger partial charge on any atom is -0.494 e. The first-order chi connectivity index (χ1) is 16.2. The number of aromatic nitrogens is 2. The minimum absolute atomic E-state index is 0.146. The molecule has 6 heteroatoms. The summed E-state index contributed by atoms with van der Waals surface area (Å²) in [6, 6.07) is 15.1. The molecule has 2 aromatic carbocycles. The molecule has 1 aliphatic rings. The Bertz CT molecular complexity index is 1010. The average Bonchev–Trinajstić information content (AvgIpc) is 3.46. The Morgan fingerprint density at radius 1 is 0.727 bits per heavy atom. The highest BCUT2D eigenvalue weighted by molar-refractivity contribution is 6.21. The van der Waals surface area contributed by atoms with Crippen molar-refractivity contribution in [2.24, 2.45) is 0 Å². The molecule has 0 fully saturated rings. The molecule has 2 amide bonds. The van der Waals surface area contributed by atoms with E-state index in [2.05, 4.69) is 4.98 Å². The molecule has 4 rings (SSSR count). The highest BCUT2D eigenvalue weighted by atomic mass is 16.5. The van der Waals surface area contributed by atoms with Gasteiger partial charge in [-0.2, -0.15) is 0 Å². The molecule has 3 aromatic rings. The molecule has 6 nitrogen and oxygen atoms in total. The fraction of sp³-hybridized carbons (Fsp3) is 0.370. The largest absolute Gasteiger partial charge is 0.494 e. The number of rotatable bonds is 13. The minimum atomic E-state index is -0.146. The lowest BCUT2D eigenvalue weighted by atomic mass is 10.1. The first-order valence-electron chi connectivity index (χ1n) is 11.9. The molecule has 0 aliphatic carbocycles. The van der Waals surface area contributed by atoms with Gasteiger partial charge < -0.3 is 9.30 Å². The fourth-order valence-electron chi connectivity index (χ4n) is 4.19. The van der Waals surface area contributed by atoms with E-state index in [9.17, 15) is 9.59 Å². The first-order valence-corrected chi connectivity index (χ1v) is 11.9. The summed E-state index contributed by atoms with van der Waals surface area (Å²) in [5.41, 5.74) is 2.15. The summed E-state index contributed by atoms with van der Waals surface area (Å²) in [5, 5.41) is 0. The summed E-state index contributed by atoms with van der Waals surface area (Å²) in [5.74, 6) is 0.607. The Balaban J connectivity index is 1.00. The number of carbonyl (C=O) groups excluding carboxylic acids is 2. The van der Waals surface area contributed by atoms with Crippen molar-refractivity contribution in [2.45, 2.75) is 51.4 Å². The number of imidazole rings is 1. The maximum absolute atomic E-state index is 12.3. The van der Waals surface area contributed by atoms with E-state index in [4.69, 9.17) is 4.74 Å². The third-order valence-electron chi connectivity index (χ3n) is 6.06. The van der Waals surface area contributed by atoms with Gasteiger partial charge in [-0.25, -0.2) is 4.98 Å². The van der Waals surface area contributed by atoms with E-state index in [1.165, 1.54) is 30.6 Å².